The Bertz CT molecular complexity index is 757. The third-order valence-electron chi connectivity index (χ3n) is 6.42. The summed E-state index contributed by atoms with van der Waals surface area (Å²) in [7, 11) is 0. The molecular weight excluding hydrogens is 346 g/mol. The maximum Gasteiger partial charge on any atom is 0.176 e. The fourth-order valence-electron chi connectivity index (χ4n) is 4.71. The summed E-state index contributed by atoms with van der Waals surface area (Å²) in [5, 5.41) is 13.8. The second-order valence-electron chi connectivity index (χ2n) is 8.06. The molecular formula is C20H28ClN5. The summed E-state index contributed by atoms with van der Waals surface area (Å²) >= 11 is 6.38. The van der Waals surface area contributed by atoms with Gasteiger partial charge in [0.15, 0.2) is 5.82 Å². The molecule has 1 aromatic heterocycles. The monoisotopic (exact) mass is 373 g/mol. The van der Waals surface area contributed by atoms with Crippen LogP contribution in [0.2, 0.25) is 5.02 Å². The van der Waals surface area contributed by atoms with Crippen molar-refractivity contribution in [3.8, 4) is 5.69 Å². The van der Waals surface area contributed by atoms with E-state index in [4.69, 9.17) is 11.6 Å². The number of rotatable bonds is 3. The van der Waals surface area contributed by atoms with E-state index >= 15 is 0 Å². The zero-order chi connectivity index (χ0) is 18.1. The topological polar surface area (TPSA) is 46.8 Å². The fraction of sp³-hybridized carbons (Fsp3) is 0.650. The van der Waals surface area contributed by atoms with Crippen molar-refractivity contribution in [3.63, 3.8) is 0 Å². The number of nitrogens with zero attached hydrogens (tertiary/aromatic N) is 5. The van der Waals surface area contributed by atoms with E-state index in [0.717, 1.165) is 53.9 Å². The SMILES string of the molecule is Cc1c(Cl)cccc1-n1nnnc1C1(N2CCCCC2)CCC(C)CC1. The second kappa shape index (κ2) is 7.28. The van der Waals surface area contributed by atoms with E-state index in [1.807, 2.05) is 23.7 Å². The third kappa shape index (κ3) is 3.05. The van der Waals surface area contributed by atoms with Crippen molar-refractivity contribution in [1.29, 1.82) is 0 Å². The van der Waals surface area contributed by atoms with E-state index < -0.39 is 0 Å². The van der Waals surface area contributed by atoms with Gasteiger partial charge in [0.2, 0.25) is 0 Å². The van der Waals surface area contributed by atoms with Crippen LogP contribution in [-0.4, -0.2) is 38.2 Å². The Hall–Kier alpha value is -1.46. The highest BCUT2D eigenvalue weighted by Gasteiger charge is 2.45. The molecule has 0 amide bonds. The summed E-state index contributed by atoms with van der Waals surface area (Å²) in [5.74, 6) is 1.78. The van der Waals surface area contributed by atoms with E-state index in [-0.39, 0.29) is 5.54 Å². The first kappa shape index (κ1) is 17.9. The first-order chi connectivity index (χ1) is 12.6. The van der Waals surface area contributed by atoms with Crippen LogP contribution in [0.5, 0.6) is 0 Å². The van der Waals surface area contributed by atoms with Crippen LogP contribution in [0.4, 0.5) is 0 Å². The summed E-state index contributed by atoms with van der Waals surface area (Å²) in [4.78, 5) is 2.67. The van der Waals surface area contributed by atoms with Crippen LogP contribution in [0, 0.1) is 12.8 Å². The van der Waals surface area contributed by atoms with Gasteiger partial charge in [-0.15, -0.1) is 5.10 Å². The van der Waals surface area contributed by atoms with Gasteiger partial charge in [0.05, 0.1) is 11.2 Å². The van der Waals surface area contributed by atoms with Crippen LogP contribution in [-0.2, 0) is 5.54 Å². The van der Waals surface area contributed by atoms with Gasteiger partial charge in [-0.2, -0.15) is 4.68 Å². The van der Waals surface area contributed by atoms with Gasteiger partial charge in [-0.1, -0.05) is 31.0 Å². The third-order valence-corrected chi connectivity index (χ3v) is 6.83. The summed E-state index contributed by atoms with van der Waals surface area (Å²) in [6.45, 7) is 6.70. The second-order valence-corrected chi connectivity index (χ2v) is 8.47. The Labute approximate surface area is 160 Å². The number of hydrogen-bond donors (Lipinski definition) is 0. The number of hydrogen-bond acceptors (Lipinski definition) is 4. The van der Waals surface area contributed by atoms with Crippen molar-refractivity contribution in [1.82, 2.24) is 25.1 Å². The molecule has 140 valence electrons. The highest BCUT2D eigenvalue weighted by atomic mass is 35.5. The molecule has 2 aliphatic rings. The Morgan fingerprint density at radius 2 is 1.85 bits per heavy atom. The molecule has 0 unspecified atom stereocenters. The average Bonchev–Trinajstić information content (AvgIpc) is 3.16. The van der Waals surface area contributed by atoms with Crippen molar-refractivity contribution in [2.45, 2.75) is 64.3 Å². The molecule has 1 saturated heterocycles. The predicted octanol–water partition coefficient (Wildman–Crippen LogP) is 4.52. The van der Waals surface area contributed by atoms with E-state index in [1.165, 1.54) is 32.1 Å². The molecule has 26 heavy (non-hydrogen) atoms. The van der Waals surface area contributed by atoms with Gasteiger partial charge in [0.25, 0.3) is 0 Å². The largest absolute Gasteiger partial charge is 0.291 e. The molecule has 2 aromatic rings. The van der Waals surface area contributed by atoms with Crippen LogP contribution in [0.3, 0.4) is 0 Å². The summed E-state index contributed by atoms with van der Waals surface area (Å²) in [5.41, 5.74) is 1.97. The number of aromatic nitrogens is 4. The fourth-order valence-corrected chi connectivity index (χ4v) is 4.88. The Morgan fingerprint density at radius 3 is 2.58 bits per heavy atom. The summed E-state index contributed by atoms with van der Waals surface area (Å²) in [6, 6.07) is 5.97. The molecule has 0 bridgehead atoms. The average molecular weight is 374 g/mol. The summed E-state index contributed by atoms with van der Waals surface area (Å²) in [6.07, 6.45) is 8.61. The van der Waals surface area contributed by atoms with Gasteiger partial charge >= 0.3 is 0 Å². The van der Waals surface area contributed by atoms with E-state index in [9.17, 15) is 0 Å². The Kier molecular flexibility index (Phi) is 5.02. The van der Waals surface area contributed by atoms with Crippen LogP contribution in [0.1, 0.15) is 63.3 Å². The predicted molar refractivity (Wildman–Crippen MR) is 104 cm³/mol. The smallest absolute Gasteiger partial charge is 0.176 e. The van der Waals surface area contributed by atoms with Gasteiger partial charge in [-0.3, -0.25) is 4.90 Å². The van der Waals surface area contributed by atoms with E-state index in [0.29, 0.717) is 0 Å². The van der Waals surface area contributed by atoms with Gasteiger partial charge in [-0.25, -0.2) is 0 Å². The van der Waals surface area contributed by atoms with Crippen molar-refractivity contribution < 1.29 is 0 Å². The minimum Gasteiger partial charge on any atom is -0.291 e. The molecule has 1 saturated carbocycles. The lowest BCUT2D eigenvalue weighted by molar-refractivity contribution is 0.0110. The number of likely N-dealkylation sites (tertiary alicyclic amines) is 1. The van der Waals surface area contributed by atoms with Crippen molar-refractivity contribution >= 4 is 11.6 Å². The zero-order valence-electron chi connectivity index (χ0n) is 15.8. The molecule has 1 aromatic carbocycles. The molecule has 4 rings (SSSR count). The quantitative estimate of drug-likeness (QED) is 0.793. The molecule has 0 radical (unpaired) electrons. The number of halogens is 1. The minimum atomic E-state index is -0.0504. The highest BCUT2D eigenvalue weighted by molar-refractivity contribution is 6.31. The lowest BCUT2D eigenvalue weighted by atomic mass is 9.74. The standard InChI is InChI=1S/C20H28ClN5/c1-15-9-11-20(12-10-15,25-13-4-3-5-14-25)19-22-23-24-26(19)18-8-6-7-17(21)16(18)2/h6-8,15H,3-5,9-14H2,1-2H3. The highest BCUT2D eigenvalue weighted by Crippen LogP contribution is 2.45. The van der Waals surface area contributed by atoms with Crippen molar-refractivity contribution in [3.05, 3.63) is 34.6 Å². The number of tetrazole rings is 1. The van der Waals surface area contributed by atoms with Crippen molar-refractivity contribution in [2.75, 3.05) is 13.1 Å². The normalized spacial score (nSPS) is 27.6. The minimum absolute atomic E-state index is 0.0504. The van der Waals surface area contributed by atoms with E-state index in [1.54, 1.807) is 0 Å². The summed E-state index contributed by atoms with van der Waals surface area (Å²) < 4.78 is 1.95. The van der Waals surface area contributed by atoms with E-state index in [2.05, 4.69) is 33.4 Å². The maximum absolute atomic E-state index is 6.38. The molecule has 2 fully saturated rings. The number of benzene rings is 1. The zero-order valence-corrected chi connectivity index (χ0v) is 16.5. The maximum atomic E-state index is 6.38. The van der Waals surface area contributed by atoms with Crippen LogP contribution < -0.4 is 0 Å². The first-order valence-corrected chi connectivity index (χ1v) is 10.3. The first-order valence-electron chi connectivity index (χ1n) is 9.91. The molecule has 0 atom stereocenters. The molecule has 6 heteroatoms. The lowest BCUT2D eigenvalue weighted by Gasteiger charge is -2.48. The molecule has 2 heterocycles. The Balaban J connectivity index is 1.80. The molecule has 5 nitrogen and oxygen atoms in total. The molecule has 0 N–H and O–H groups in total. The van der Waals surface area contributed by atoms with Crippen LogP contribution >= 0.6 is 11.6 Å². The molecule has 1 aliphatic carbocycles. The number of piperidine rings is 1. The molecule has 0 spiro atoms. The lowest BCUT2D eigenvalue weighted by Crippen LogP contribution is -2.52. The van der Waals surface area contributed by atoms with Crippen LogP contribution in [0.25, 0.3) is 5.69 Å². The van der Waals surface area contributed by atoms with Gasteiger partial charge < -0.3 is 0 Å². The van der Waals surface area contributed by atoms with Crippen molar-refractivity contribution in [2.24, 2.45) is 5.92 Å². The van der Waals surface area contributed by atoms with Gasteiger partial charge in [0.1, 0.15) is 0 Å². The van der Waals surface area contributed by atoms with Crippen LogP contribution in [0.15, 0.2) is 18.2 Å². The Morgan fingerprint density at radius 1 is 1.12 bits per heavy atom. The van der Waals surface area contributed by atoms with Gasteiger partial charge in [0, 0.05) is 5.02 Å². The molecule has 1 aliphatic heterocycles. The van der Waals surface area contributed by atoms with Gasteiger partial charge in [-0.05, 0) is 92.6 Å².